The molecule has 0 radical (unpaired) electrons. The van der Waals surface area contributed by atoms with E-state index < -0.39 is 25.0 Å². The molecule has 70 heavy (non-hydrogen) atoms. The van der Waals surface area contributed by atoms with E-state index >= 15 is 0 Å². The largest absolute Gasteiger partial charge is 0.493 e. The molecule has 1 aliphatic rings. The van der Waals surface area contributed by atoms with Gasteiger partial charge in [0.15, 0.2) is 0 Å². The third-order valence-corrected chi connectivity index (χ3v) is 10.8. The fourth-order valence-electron chi connectivity index (χ4n) is 8.01. The van der Waals surface area contributed by atoms with Gasteiger partial charge in [0.05, 0.1) is 26.4 Å². The third-order valence-electron chi connectivity index (χ3n) is 10.8. The van der Waals surface area contributed by atoms with Gasteiger partial charge in [-0.25, -0.2) is 0 Å². The van der Waals surface area contributed by atoms with Gasteiger partial charge in [-0.15, -0.1) is 0 Å². The number of hydrogen-bond donors (Lipinski definition) is 8. The lowest BCUT2D eigenvalue weighted by molar-refractivity contribution is -0.136. The molecule has 0 unspecified atom stereocenters. The summed E-state index contributed by atoms with van der Waals surface area (Å²) in [6, 6.07) is 20.3. The molecule has 1 aliphatic carbocycles. The standard InChI is InChI=1S/C50H60N12O8/c1-5-15-67-41-29-11-9-12-30(41)20-34-24-38(56-50-60-46(52)58-48(62-50)54-28-40(65)66)26-36(44(34)70-18-8-4)22-32-14-10-13-31(42(32)68-16-6-2)21-35-25-37(23-33(19-29)43(35)69-17-7-3)55-49-59-45(51)57-47(61-49)53-27-39(63)64/h9-14,23-26H,5-8,15-22,27-28H2,1-4H3,(H,63,64)(H,65,66)(H4,51,53,55,57,59,61)(H4,52,54,56,58,60,62). The summed E-state index contributed by atoms with van der Waals surface area (Å²) in [6.45, 7) is 9.32. The normalized spacial score (nSPS) is 11.8. The molecule has 8 bridgehead atoms. The number of nitrogen functional groups attached to an aromatic ring is 2. The molecule has 0 atom stereocenters. The molecule has 0 spiro atoms. The second kappa shape index (κ2) is 23.7. The number of para-hydroxylation sites is 2. The number of benzene rings is 4. The van der Waals surface area contributed by atoms with Gasteiger partial charge in [0, 0.05) is 59.3 Å². The number of aliphatic carboxylic acids is 2. The average molecular weight is 957 g/mol. The number of aromatic nitrogens is 6. The SMILES string of the molecule is CCCOc1c2cccc1Cc1cc(Nc3nc(N)nc(NCC(=O)O)n3)cc(c1OCCC)Cc1cccc(c1OCCC)Cc1cc(Nc3nc(N)nc(NCC(=O)O)n3)cc(c1OCCC)C2. The first-order chi connectivity index (χ1) is 33.9. The predicted octanol–water partition coefficient (Wildman–Crippen LogP) is 7.53. The van der Waals surface area contributed by atoms with Gasteiger partial charge in [-0.2, -0.15) is 29.9 Å². The van der Waals surface area contributed by atoms with Crippen LogP contribution in [-0.4, -0.2) is 91.6 Å². The van der Waals surface area contributed by atoms with E-state index in [9.17, 15) is 19.8 Å². The maximum Gasteiger partial charge on any atom is 0.322 e. The summed E-state index contributed by atoms with van der Waals surface area (Å²) >= 11 is 0. The summed E-state index contributed by atoms with van der Waals surface area (Å²) in [4.78, 5) is 48.4. The molecular formula is C50H60N12O8. The number of rotatable bonds is 22. The topological polar surface area (TPSA) is 289 Å². The molecule has 0 aliphatic heterocycles. The molecule has 2 aromatic heterocycles. The van der Waals surface area contributed by atoms with E-state index in [1.807, 2.05) is 36.4 Å². The molecule has 7 rings (SSSR count). The Morgan fingerprint density at radius 1 is 0.471 bits per heavy atom. The Hall–Kier alpha value is -8.16. The molecule has 6 aromatic rings. The first-order valence-corrected chi connectivity index (χ1v) is 23.5. The van der Waals surface area contributed by atoms with Gasteiger partial charge in [0.25, 0.3) is 0 Å². The molecule has 0 fully saturated rings. The van der Waals surface area contributed by atoms with Crippen LogP contribution in [-0.2, 0) is 35.3 Å². The van der Waals surface area contributed by atoms with Crippen LogP contribution in [0.5, 0.6) is 23.0 Å². The van der Waals surface area contributed by atoms with Crippen molar-refractivity contribution in [3.8, 4) is 23.0 Å². The number of nitrogens with two attached hydrogens (primary N) is 2. The second-order valence-electron chi connectivity index (χ2n) is 16.6. The van der Waals surface area contributed by atoms with Crippen molar-refractivity contribution in [3.05, 3.63) is 105 Å². The van der Waals surface area contributed by atoms with Crippen LogP contribution in [0.25, 0.3) is 0 Å². The van der Waals surface area contributed by atoms with Gasteiger partial charge < -0.3 is 61.9 Å². The lowest BCUT2D eigenvalue weighted by Crippen LogP contribution is -2.16. The molecule has 0 saturated carbocycles. The number of nitrogens with zero attached hydrogens (tertiary/aromatic N) is 6. The van der Waals surface area contributed by atoms with Crippen LogP contribution >= 0.6 is 0 Å². The third kappa shape index (κ3) is 13.1. The van der Waals surface area contributed by atoms with E-state index in [2.05, 4.69) is 103 Å². The Morgan fingerprint density at radius 2 is 0.757 bits per heavy atom. The van der Waals surface area contributed by atoms with Crippen LogP contribution in [0.4, 0.5) is 47.1 Å². The van der Waals surface area contributed by atoms with E-state index in [4.69, 9.17) is 30.4 Å². The second-order valence-corrected chi connectivity index (χ2v) is 16.6. The molecule has 10 N–H and O–H groups in total. The first-order valence-electron chi connectivity index (χ1n) is 23.5. The Kier molecular flexibility index (Phi) is 16.9. The van der Waals surface area contributed by atoms with Gasteiger partial charge in [0.2, 0.25) is 35.7 Å². The average Bonchev–Trinajstić information content (AvgIpc) is 3.31. The number of nitrogens with one attached hydrogen (secondary N) is 4. The number of hydrogen-bond acceptors (Lipinski definition) is 18. The zero-order valence-electron chi connectivity index (χ0n) is 39.9. The fraction of sp³-hybridized carbons (Fsp3) is 0.360. The monoisotopic (exact) mass is 956 g/mol. The zero-order chi connectivity index (χ0) is 49.6. The summed E-state index contributed by atoms with van der Waals surface area (Å²) in [5, 5.41) is 30.6. The Balaban J connectivity index is 1.44. The van der Waals surface area contributed by atoms with E-state index in [0.29, 0.717) is 63.5 Å². The van der Waals surface area contributed by atoms with Crippen LogP contribution < -0.4 is 51.7 Å². The van der Waals surface area contributed by atoms with E-state index in [1.54, 1.807) is 0 Å². The van der Waals surface area contributed by atoms with Crippen LogP contribution in [0.15, 0.2) is 60.7 Å². The number of ether oxygens (including phenoxy) is 4. The number of fused-ring (bicyclic) bond motifs is 8. The fourth-order valence-corrected chi connectivity index (χ4v) is 8.01. The molecular weight excluding hydrogens is 897 g/mol. The van der Waals surface area contributed by atoms with Gasteiger partial charge in [-0.3, -0.25) is 9.59 Å². The summed E-state index contributed by atoms with van der Waals surface area (Å²) in [5.41, 5.74) is 20.6. The number of carboxylic acids is 2. The minimum absolute atomic E-state index is 0.0112. The first kappa shape index (κ1) is 49.7. The molecule has 368 valence electrons. The Labute approximate surface area is 406 Å². The molecule has 4 aromatic carbocycles. The van der Waals surface area contributed by atoms with Crippen molar-refractivity contribution in [2.75, 3.05) is 72.3 Å². The molecule has 0 amide bonds. The number of carbonyl (C=O) groups is 2. The van der Waals surface area contributed by atoms with Gasteiger partial charge in [-0.1, -0.05) is 64.1 Å². The molecule has 20 heteroatoms. The van der Waals surface area contributed by atoms with Gasteiger partial charge in [0.1, 0.15) is 36.1 Å². The van der Waals surface area contributed by atoms with Crippen LogP contribution in [0.1, 0.15) is 97.9 Å². The molecule has 2 heterocycles. The van der Waals surface area contributed by atoms with Crippen LogP contribution in [0.3, 0.4) is 0 Å². The van der Waals surface area contributed by atoms with Crippen molar-refractivity contribution in [1.82, 2.24) is 29.9 Å². The van der Waals surface area contributed by atoms with Gasteiger partial charge in [-0.05, 0) is 72.2 Å². The smallest absolute Gasteiger partial charge is 0.322 e. The maximum atomic E-state index is 11.4. The van der Waals surface area contributed by atoms with Crippen molar-refractivity contribution >= 4 is 59.0 Å². The van der Waals surface area contributed by atoms with Crippen molar-refractivity contribution in [2.24, 2.45) is 0 Å². The predicted molar refractivity (Wildman–Crippen MR) is 267 cm³/mol. The maximum absolute atomic E-state index is 11.4. The summed E-state index contributed by atoms with van der Waals surface area (Å²) in [5.74, 6) is 0.841. The minimum Gasteiger partial charge on any atom is -0.493 e. The Morgan fingerprint density at radius 3 is 1.04 bits per heavy atom. The lowest BCUT2D eigenvalue weighted by Gasteiger charge is -2.24. The zero-order valence-corrected chi connectivity index (χ0v) is 39.9. The van der Waals surface area contributed by atoms with E-state index in [1.165, 1.54) is 0 Å². The van der Waals surface area contributed by atoms with Crippen molar-refractivity contribution < 1.29 is 38.7 Å². The van der Waals surface area contributed by atoms with Crippen LogP contribution in [0, 0.1) is 0 Å². The number of anilines is 8. The van der Waals surface area contributed by atoms with Crippen LogP contribution in [0.2, 0.25) is 0 Å². The molecule has 20 nitrogen and oxygen atoms in total. The lowest BCUT2D eigenvalue weighted by atomic mass is 9.90. The minimum atomic E-state index is -1.08. The Bertz CT molecular complexity index is 2530. The summed E-state index contributed by atoms with van der Waals surface area (Å²) in [7, 11) is 0. The van der Waals surface area contributed by atoms with Crippen molar-refractivity contribution in [3.63, 3.8) is 0 Å². The van der Waals surface area contributed by atoms with Crippen molar-refractivity contribution in [1.29, 1.82) is 0 Å². The summed E-state index contributed by atoms with van der Waals surface area (Å²) in [6.07, 6.45) is 4.72. The van der Waals surface area contributed by atoms with Gasteiger partial charge >= 0.3 is 11.9 Å². The quantitative estimate of drug-likeness (QED) is 0.0326. The van der Waals surface area contributed by atoms with Crippen molar-refractivity contribution in [2.45, 2.75) is 79.1 Å². The highest BCUT2D eigenvalue weighted by atomic mass is 16.5. The van der Waals surface area contributed by atoms with E-state index in [0.717, 1.165) is 93.2 Å². The highest BCUT2D eigenvalue weighted by Crippen LogP contribution is 2.41. The van der Waals surface area contributed by atoms with E-state index in [-0.39, 0.29) is 35.7 Å². The summed E-state index contributed by atoms with van der Waals surface area (Å²) < 4.78 is 26.9. The number of carboxylic acid groups (broad SMARTS) is 2. The molecule has 0 saturated heterocycles. The highest BCUT2D eigenvalue weighted by molar-refractivity contribution is 5.73. The highest BCUT2D eigenvalue weighted by Gasteiger charge is 2.24.